The monoisotopic (exact) mass is 391 g/mol. The van der Waals surface area contributed by atoms with Crippen LogP contribution in [-0.2, 0) is 11.2 Å². The average Bonchev–Trinajstić information content (AvgIpc) is 3.12. The Labute approximate surface area is 157 Å². The zero-order valence-electron chi connectivity index (χ0n) is 14.2. The number of carbonyl (C=O) groups excluding carboxylic acids is 1. The average molecular weight is 391 g/mol. The minimum Gasteiger partial charge on any atom is -0.435 e. The molecule has 0 atom stereocenters. The summed E-state index contributed by atoms with van der Waals surface area (Å²) in [5.41, 5.74) is 1.99. The van der Waals surface area contributed by atoms with Crippen LogP contribution in [0.15, 0.2) is 53.7 Å². The Morgan fingerprint density at radius 2 is 2.04 bits per heavy atom. The molecule has 2 aromatic carbocycles. The highest BCUT2D eigenvalue weighted by Gasteiger charge is 2.10. The number of nitrogens with one attached hydrogen (secondary N) is 1. The van der Waals surface area contributed by atoms with E-state index >= 15 is 0 Å². The van der Waals surface area contributed by atoms with Crippen LogP contribution in [0.2, 0.25) is 0 Å². The SMILES string of the molecule is CSc1nnnn1-c1cccc(NC(=O)Cc2ccc(OC(F)F)cc2)c1. The summed E-state index contributed by atoms with van der Waals surface area (Å²) in [6, 6.07) is 13.1. The van der Waals surface area contributed by atoms with Gasteiger partial charge in [0.25, 0.3) is 0 Å². The van der Waals surface area contributed by atoms with Gasteiger partial charge in [0, 0.05) is 5.69 Å². The third-order valence-corrected chi connectivity index (χ3v) is 4.13. The Bertz CT molecular complexity index is 918. The lowest BCUT2D eigenvalue weighted by Gasteiger charge is -2.09. The Morgan fingerprint density at radius 3 is 2.74 bits per heavy atom. The number of aromatic nitrogens is 4. The fourth-order valence-corrected chi connectivity index (χ4v) is 2.80. The van der Waals surface area contributed by atoms with Crippen molar-refractivity contribution in [3.8, 4) is 11.4 Å². The van der Waals surface area contributed by atoms with Crippen LogP contribution in [-0.4, -0.2) is 39.0 Å². The van der Waals surface area contributed by atoms with Gasteiger partial charge in [0.05, 0.1) is 12.1 Å². The first kappa shape index (κ1) is 18.8. The molecule has 0 saturated heterocycles. The number of ether oxygens (including phenoxy) is 1. The molecule has 140 valence electrons. The molecule has 0 aliphatic heterocycles. The number of hydrogen-bond acceptors (Lipinski definition) is 6. The molecule has 0 aliphatic carbocycles. The summed E-state index contributed by atoms with van der Waals surface area (Å²) in [6.07, 6.45) is 1.96. The van der Waals surface area contributed by atoms with Crippen LogP contribution in [0.25, 0.3) is 5.69 Å². The van der Waals surface area contributed by atoms with Gasteiger partial charge in [0.1, 0.15) is 5.75 Å². The van der Waals surface area contributed by atoms with E-state index in [1.165, 1.54) is 23.9 Å². The Kier molecular flexibility index (Phi) is 5.97. The van der Waals surface area contributed by atoms with Gasteiger partial charge < -0.3 is 10.1 Å². The predicted octanol–water partition coefficient (Wildman–Crippen LogP) is 3.17. The maximum atomic E-state index is 12.3. The minimum atomic E-state index is -2.88. The van der Waals surface area contributed by atoms with E-state index in [0.29, 0.717) is 16.4 Å². The molecule has 0 fully saturated rings. The van der Waals surface area contributed by atoms with Crippen LogP contribution in [0.3, 0.4) is 0 Å². The molecule has 3 rings (SSSR count). The van der Waals surface area contributed by atoms with E-state index in [2.05, 4.69) is 25.6 Å². The van der Waals surface area contributed by atoms with E-state index in [-0.39, 0.29) is 18.1 Å². The Morgan fingerprint density at radius 1 is 1.26 bits per heavy atom. The Balaban J connectivity index is 1.65. The van der Waals surface area contributed by atoms with Crippen molar-refractivity contribution in [3.63, 3.8) is 0 Å². The van der Waals surface area contributed by atoms with Crippen LogP contribution in [0.5, 0.6) is 5.75 Å². The van der Waals surface area contributed by atoms with E-state index in [1.54, 1.807) is 35.0 Å². The maximum Gasteiger partial charge on any atom is 0.387 e. The van der Waals surface area contributed by atoms with Gasteiger partial charge in [-0.15, -0.1) is 5.10 Å². The van der Waals surface area contributed by atoms with Gasteiger partial charge in [-0.25, -0.2) is 0 Å². The number of tetrazole rings is 1. The number of thioether (sulfide) groups is 1. The zero-order chi connectivity index (χ0) is 19.2. The largest absolute Gasteiger partial charge is 0.435 e. The molecular formula is C17H15F2N5O2S. The van der Waals surface area contributed by atoms with Crippen LogP contribution in [0.4, 0.5) is 14.5 Å². The van der Waals surface area contributed by atoms with E-state index in [4.69, 9.17) is 0 Å². The summed E-state index contributed by atoms with van der Waals surface area (Å²) in [5, 5.41) is 14.9. The molecule has 0 aliphatic rings. The molecule has 1 amide bonds. The van der Waals surface area contributed by atoms with Crippen molar-refractivity contribution >= 4 is 23.4 Å². The summed E-state index contributed by atoms with van der Waals surface area (Å²) >= 11 is 1.41. The fourth-order valence-electron chi connectivity index (χ4n) is 2.36. The van der Waals surface area contributed by atoms with Gasteiger partial charge in [0.15, 0.2) is 0 Å². The third-order valence-electron chi connectivity index (χ3n) is 3.51. The highest BCUT2D eigenvalue weighted by molar-refractivity contribution is 7.98. The number of rotatable bonds is 7. The number of nitrogens with zero attached hydrogens (tertiary/aromatic N) is 4. The molecule has 1 aromatic heterocycles. The minimum absolute atomic E-state index is 0.0490. The second kappa shape index (κ2) is 8.58. The molecular weight excluding hydrogens is 376 g/mol. The number of carbonyl (C=O) groups is 1. The summed E-state index contributed by atoms with van der Waals surface area (Å²) in [6.45, 7) is -2.88. The molecule has 1 heterocycles. The lowest BCUT2D eigenvalue weighted by molar-refractivity contribution is -0.115. The van der Waals surface area contributed by atoms with Gasteiger partial charge in [-0.05, 0) is 52.6 Å². The molecule has 0 saturated carbocycles. The van der Waals surface area contributed by atoms with Crippen molar-refractivity contribution in [3.05, 3.63) is 54.1 Å². The first-order valence-electron chi connectivity index (χ1n) is 7.81. The lowest BCUT2D eigenvalue weighted by atomic mass is 10.1. The number of hydrogen-bond donors (Lipinski definition) is 1. The quantitative estimate of drug-likeness (QED) is 0.623. The van der Waals surface area contributed by atoms with Crippen molar-refractivity contribution in [1.82, 2.24) is 20.2 Å². The van der Waals surface area contributed by atoms with Gasteiger partial charge >= 0.3 is 6.61 Å². The highest BCUT2D eigenvalue weighted by Crippen LogP contribution is 2.19. The standard InChI is InChI=1S/C17H15F2N5O2S/c1-27-17-21-22-23-24(17)13-4-2-3-12(10-13)20-15(25)9-11-5-7-14(8-6-11)26-16(18)19/h2-8,10,16H,9H2,1H3,(H,20,25). The molecule has 0 spiro atoms. The van der Waals surface area contributed by atoms with Crippen molar-refractivity contribution in [2.75, 3.05) is 11.6 Å². The molecule has 7 nitrogen and oxygen atoms in total. The molecule has 0 unspecified atom stereocenters. The van der Waals surface area contributed by atoms with Crippen molar-refractivity contribution in [2.45, 2.75) is 18.2 Å². The number of halogens is 2. The Hall–Kier alpha value is -3.01. The van der Waals surface area contributed by atoms with E-state index in [0.717, 1.165) is 5.69 Å². The zero-order valence-corrected chi connectivity index (χ0v) is 15.0. The lowest BCUT2D eigenvalue weighted by Crippen LogP contribution is -2.14. The van der Waals surface area contributed by atoms with Gasteiger partial charge in [-0.3, -0.25) is 4.79 Å². The van der Waals surface area contributed by atoms with E-state index < -0.39 is 6.61 Å². The summed E-state index contributed by atoms with van der Waals surface area (Å²) in [4.78, 5) is 12.3. The number of benzene rings is 2. The first-order valence-corrected chi connectivity index (χ1v) is 9.04. The second-order valence-corrected chi connectivity index (χ2v) is 6.15. The van der Waals surface area contributed by atoms with Crippen molar-refractivity contribution in [2.24, 2.45) is 0 Å². The summed E-state index contributed by atoms with van der Waals surface area (Å²) in [7, 11) is 0. The third kappa shape index (κ3) is 5.00. The maximum absolute atomic E-state index is 12.3. The van der Waals surface area contributed by atoms with Gasteiger partial charge in [-0.2, -0.15) is 13.5 Å². The fraction of sp³-hybridized carbons (Fsp3) is 0.176. The molecule has 0 radical (unpaired) electrons. The molecule has 1 N–H and O–H groups in total. The highest BCUT2D eigenvalue weighted by atomic mass is 32.2. The van der Waals surface area contributed by atoms with Crippen LogP contribution in [0, 0.1) is 0 Å². The van der Waals surface area contributed by atoms with Gasteiger partial charge in [-0.1, -0.05) is 30.0 Å². The van der Waals surface area contributed by atoms with Crippen LogP contribution in [0.1, 0.15) is 5.56 Å². The van der Waals surface area contributed by atoms with Crippen molar-refractivity contribution in [1.29, 1.82) is 0 Å². The van der Waals surface area contributed by atoms with E-state index in [9.17, 15) is 13.6 Å². The first-order chi connectivity index (χ1) is 13.0. The normalized spacial score (nSPS) is 10.8. The smallest absolute Gasteiger partial charge is 0.387 e. The molecule has 27 heavy (non-hydrogen) atoms. The predicted molar refractivity (Wildman–Crippen MR) is 96.3 cm³/mol. The van der Waals surface area contributed by atoms with Crippen LogP contribution >= 0.6 is 11.8 Å². The van der Waals surface area contributed by atoms with Crippen LogP contribution < -0.4 is 10.1 Å². The second-order valence-electron chi connectivity index (χ2n) is 5.38. The number of anilines is 1. The topological polar surface area (TPSA) is 81.9 Å². The number of amides is 1. The van der Waals surface area contributed by atoms with Crippen molar-refractivity contribution < 1.29 is 18.3 Å². The summed E-state index contributed by atoms with van der Waals surface area (Å²) < 4.78 is 30.2. The molecule has 0 bridgehead atoms. The van der Waals surface area contributed by atoms with Gasteiger partial charge in [0.2, 0.25) is 11.1 Å². The number of alkyl halides is 2. The summed E-state index contributed by atoms with van der Waals surface area (Å²) in [5.74, 6) is -0.190. The van der Waals surface area contributed by atoms with E-state index in [1.807, 2.05) is 12.3 Å². The molecule has 10 heteroatoms. The molecule has 3 aromatic rings.